The largest absolute Gasteiger partial charge is 0.374 e. The van der Waals surface area contributed by atoms with E-state index in [1.54, 1.807) is 29.9 Å². The smallest absolute Gasteiger partial charge is 0.241 e. The van der Waals surface area contributed by atoms with Crippen LogP contribution in [0.3, 0.4) is 0 Å². The van der Waals surface area contributed by atoms with E-state index in [9.17, 15) is 4.79 Å². The number of carbonyl (C=O) groups excluding carboxylic acids is 1. The minimum atomic E-state index is 0.0452. The van der Waals surface area contributed by atoms with E-state index in [-0.39, 0.29) is 5.91 Å². The summed E-state index contributed by atoms with van der Waals surface area (Å²) in [6, 6.07) is 0. The van der Waals surface area contributed by atoms with Crippen LogP contribution in [-0.2, 0) is 11.8 Å². The Morgan fingerprint density at radius 1 is 1.69 bits per heavy atom. The van der Waals surface area contributed by atoms with E-state index < -0.39 is 0 Å². The lowest BCUT2D eigenvalue weighted by molar-refractivity contribution is -0.126. The van der Waals surface area contributed by atoms with Crippen LogP contribution in [0.25, 0.3) is 0 Å². The second-order valence-corrected chi connectivity index (χ2v) is 3.04. The van der Waals surface area contributed by atoms with Crippen molar-refractivity contribution in [2.24, 2.45) is 7.05 Å². The predicted molar refractivity (Wildman–Crippen MR) is 50.4 cm³/mol. The lowest BCUT2D eigenvalue weighted by Gasteiger charge is -2.10. The monoisotopic (exact) mass is 182 g/mol. The number of carbonyl (C=O) groups is 1. The number of nitrogens with one attached hydrogen (secondary N) is 1. The summed E-state index contributed by atoms with van der Waals surface area (Å²) in [5.41, 5.74) is 0.859. The molecule has 0 aliphatic rings. The van der Waals surface area contributed by atoms with Gasteiger partial charge < -0.3 is 10.2 Å². The topological polar surface area (TPSA) is 50.2 Å². The molecule has 0 bridgehead atoms. The molecule has 0 aliphatic heterocycles. The van der Waals surface area contributed by atoms with Crippen LogP contribution in [0, 0.1) is 0 Å². The molecule has 0 aliphatic carbocycles. The number of likely N-dealkylation sites (N-methyl/N-ethyl adjacent to an activating group) is 1. The third kappa shape index (κ3) is 2.77. The molecule has 0 radical (unpaired) electrons. The number of anilines is 1. The second kappa shape index (κ2) is 3.93. The van der Waals surface area contributed by atoms with Crippen molar-refractivity contribution in [3.8, 4) is 0 Å². The van der Waals surface area contributed by atoms with E-state index >= 15 is 0 Å². The molecule has 1 rings (SSSR count). The van der Waals surface area contributed by atoms with Crippen LogP contribution in [0.4, 0.5) is 5.69 Å². The number of hydrogen-bond acceptors (Lipinski definition) is 3. The highest BCUT2D eigenvalue weighted by atomic mass is 16.2. The first-order chi connectivity index (χ1) is 6.09. The van der Waals surface area contributed by atoms with E-state index in [0.29, 0.717) is 6.54 Å². The quantitative estimate of drug-likeness (QED) is 0.711. The normalized spacial score (nSPS) is 9.77. The Labute approximate surface area is 77.3 Å². The summed E-state index contributed by atoms with van der Waals surface area (Å²) >= 11 is 0. The second-order valence-electron chi connectivity index (χ2n) is 3.04. The Hall–Kier alpha value is -1.52. The molecule has 0 saturated carbocycles. The van der Waals surface area contributed by atoms with Crippen molar-refractivity contribution in [1.29, 1.82) is 0 Å². The molecule has 1 aromatic heterocycles. The molecular weight excluding hydrogens is 168 g/mol. The first-order valence-corrected chi connectivity index (χ1v) is 4.02. The van der Waals surface area contributed by atoms with Gasteiger partial charge in [-0.05, 0) is 0 Å². The fraction of sp³-hybridized carbons (Fsp3) is 0.500. The summed E-state index contributed by atoms with van der Waals surface area (Å²) in [5.74, 6) is 0.0452. The van der Waals surface area contributed by atoms with Gasteiger partial charge in [-0.3, -0.25) is 9.48 Å². The number of rotatable bonds is 3. The van der Waals surface area contributed by atoms with E-state index in [1.807, 2.05) is 13.2 Å². The summed E-state index contributed by atoms with van der Waals surface area (Å²) in [6.45, 7) is 0.304. The molecule has 1 heterocycles. The van der Waals surface area contributed by atoms with Gasteiger partial charge in [0.1, 0.15) is 0 Å². The summed E-state index contributed by atoms with van der Waals surface area (Å²) in [6.07, 6.45) is 3.51. The minimum absolute atomic E-state index is 0.0452. The average molecular weight is 182 g/mol. The van der Waals surface area contributed by atoms with Crippen LogP contribution in [0.5, 0.6) is 0 Å². The van der Waals surface area contributed by atoms with Crippen LogP contribution in [0.2, 0.25) is 0 Å². The standard InChI is InChI=1S/C8H14N4O/c1-11(2)8(13)5-9-7-4-10-12(3)6-7/h4,6,9H,5H2,1-3H3. The summed E-state index contributed by atoms with van der Waals surface area (Å²) in [4.78, 5) is 12.7. The summed E-state index contributed by atoms with van der Waals surface area (Å²) < 4.78 is 1.68. The molecule has 0 fully saturated rings. The van der Waals surface area contributed by atoms with Crippen LogP contribution in [0.1, 0.15) is 0 Å². The third-order valence-corrected chi connectivity index (χ3v) is 1.65. The van der Waals surface area contributed by atoms with Crippen LogP contribution >= 0.6 is 0 Å². The first kappa shape index (κ1) is 9.57. The summed E-state index contributed by atoms with van der Waals surface area (Å²) in [7, 11) is 5.29. The maximum absolute atomic E-state index is 11.2. The molecule has 0 unspecified atom stereocenters. The van der Waals surface area contributed by atoms with Gasteiger partial charge in [0.25, 0.3) is 0 Å². The Morgan fingerprint density at radius 3 is 2.85 bits per heavy atom. The van der Waals surface area contributed by atoms with Crippen molar-refractivity contribution >= 4 is 11.6 Å². The first-order valence-electron chi connectivity index (χ1n) is 4.02. The fourth-order valence-electron chi connectivity index (χ4n) is 0.848. The van der Waals surface area contributed by atoms with E-state index in [2.05, 4.69) is 10.4 Å². The van der Waals surface area contributed by atoms with Gasteiger partial charge in [0, 0.05) is 27.3 Å². The molecule has 13 heavy (non-hydrogen) atoms. The molecule has 1 amide bonds. The fourth-order valence-corrected chi connectivity index (χ4v) is 0.848. The third-order valence-electron chi connectivity index (χ3n) is 1.65. The molecule has 0 atom stereocenters. The maximum Gasteiger partial charge on any atom is 0.241 e. The number of amides is 1. The van der Waals surface area contributed by atoms with Gasteiger partial charge in [-0.25, -0.2) is 0 Å². The zero-order chi connectivity index (χ0) is 9.84. The number of aromatic nitrogens is 2. The van der Waals surface area contributed by atoms with Gasteiger partial charge in [-0.2, -0.15) is 5.10 Å². The molecule has 0 saturated heterocycles. The Bertz CT molecular complexity index is 292. The van der Waals surface area contributed by atoms with Gasteiger partial charge in [-0.15, -0.1) is 0 Å². The van der Waals surface area contributed by atoms with Crippen molar-refractivity contribution < 1.29 is 4.79 Å². The zero-order valence-electron chi connectivity index (χ0n) is 8.11. The van der Waals surface area contributed by atoms with Crippen LogP contribution in [0.15, 0.2) is 12.4 Å². The van der Waals surface area contributed by atoms with Crippen molar-refractivity contribution in [3.05, 3.63) is 12.4 Å². The zero-order valence-corrected chi connectivity index (χ0v) is 8.11. The minimum Gasteiger partial charge on any atom is -0.374 e. The Kier molecular flexibility index (Phi) is 2.89. The molecule has 5 heteroatoms. The molecule has 72 valence electrons. The van der Waals surface area contributed by atoms with Crippen molar-refractivity contribution in [2.75, 3.05) is 26.0 Å². The number of hydrogen-bond donors (Lipinski definition) is 1. The number of nitrogens with zero attached hydrogens (tertiary/aromatic N) is 3. The van der Waals surface area contributed by atoms with E-state index in [0.717, 1.165) is 5.69 Å². The Balaban J connectivity index is 2.39. The molecule has 0 aromatic carbocycles. The van der Waals surface area contributed by atoms with E-state index in [1.165, 1.54) is 0 Å². The van der Waals surface area contributed by atoms with Crippen molar-refractivity contribution in [1.82, 2.24) is 14.7 Å². The van der Waals surface area contributed by atoms with Gasteiger partial charge >= 0.3 is 0 Å². The number of aryl methyl sites for hydroxylation is 1. The highest BCUT2D eigenvalue weighted by Crippen LogP contribution is 2.02. The van der Waals surface area contributed by atoms with Gasteiger partial charge in [-0.1, -0.05) is 0 Å². The van der Waals surface area contributed by atoms with Crippen molar-refractivity contribution in [2.45, 2.75) is 0 Å². The van der Waals surface area contributed by atoms with Gasteiger partial charge in [0.2, 0.25) is 5.91 Å². The lowest BCUT2D eigenvalue weighted by Crippen LogP contribution is -2.28. The Morgan fingerprint density at radius 2 is 2.38 bits per heavy atom. The highest BCUT2D eigenvalue weighted by Gasteiger charge is 2.03. The average Bonchev–Trinajstić information content (AvgIpc) is 2.47. The van der Waals surface area contributed by atoms with Gasteiger partial charge in [0.05, 0.1) is 18.4 Å². The summed E-state index contributed by atoms with van der Waals surface area (Å²) in [5, 5.41) is 6.94. The SMILES string of the molecule is CN(C)C(=O)CNc1cnn(C)c1. The van der Waals surface area contributed by atoms with Crippen LogP contribution in [-0.4, -0.2) is 41.2 Å². The molecule has 0 spiro atoms. The predicted octanol–water partition coefficient (Wildman–Crippen LogP) is -0.0798. The molecule has 1 aromatic rings. The molecule has 5 nitrogen and oxygen atoms in total. The maximum atomic E-state index is 11.2. The van der Waals surface area contributed by atoms with Crippen LogP contribution < -0.4 is 5.32 Å². The molecular formula is C8H14N4O. The van der Waals surface area contributed by atoms with Crippen molar-refractivity contribution in [3.63, 3.8) is 0 Å². The van der Waals surface area contributed by atoms with E-state index in [4.69, 9.17) is 0 Å². The lowest BCUT2D eigenvalue weighted by atomic mass is 10.5. The molecule has 1 N–H and O–H groups in total. The highest BCUT2D eigenvalue weighted by molar-refractivity contribution is 5.80. The van der Waals surface area contributed by atoms with Gasteiger partial charge in [0.15, 0.2) is 0 Å².